The fraction of sp³-hybridized carbons (Fsp3) is 0.381. The summed E-state index contributed by atoms with van der Waals surface area (Å²) in [6.07, 6.45) is 2.29. The van der Waals surface area contributed by atoms with Crippen LogP contribution in [0.5, 0.6) is 5.75 Å². The topological polar surface area (TPSA) is 116 Å². The molecule has 1 fully saturated rings. The predicted molar refractivity (Wildman–Crippen MR) is 126 cm³/mol. The van der Waals surface area contributed by atoms with Gasteiger partial charge in [-0.25, -0.2) is 26.8 Å². The van der Waals surface area contributed by atoms with E-state index >= 15 is 0 Å². The fourth-order valence-corrected chi connectivity index (χ4v) is 5.52. The van der Waals surface area contributed by atoms with Crippen LogP contribution in [0, 0.1) is 0 Å². The smallest absolute Gasteiger partial charge is 0.351 e. The van der Waals surface area contributed by atoms with Gasteiger partial charge in [0, 0.05) is 19.0 Å². The van der Waals surface area contributed by atoms with Gasteiger partial charge < -0.3 is 10.1 Å². The van der Waals surface area contributed by atoms with Gasteiger partial charge >= 0.3 is 5.69 Å². The van der Waals surface area contributed by atoms with Gasteiger partial charge in [0.25, 0.3) is 0 Å². The maximum Gasteiger partial charge on any atom is 0.351 e. The molecule has 4 rings (SSSR count). The number of carbonyl (C=O) groups excluding carboxylic acids is 1. The quantitative estimate of drug-likeness (QED) is 0.540. The monoisotopic (exact) mass is 491 g/mol. The number of methoxy groups -OCH3 is 1. The van der Waals surface area contributed by atoms with Crippen molar-refractivity contribution in [3.63, 3.8) is 0 Å². The van der Waals surface area contributed by atoms with Gasteiger partial charge in [-0.2, -0.15) is 5.10 Å². The number of piperidine rings is 1. The van der Waals surface area contributed by atoms with Gasteiger partial charge in [-0.15, -0.1) is 11.3 Å². The summed E-state index contributed by atoms with van der Waals surface area (Å²) in [6, 6.07) is 10.7. The highest BCUT2D eigenvalue weighted by atomic mass is 32.2. The number of sulfonamides is 1. The fourth-order valence-electron chi connectivity index (χ4n) is 3.92. The van der Waals surface area contributed by atoms with Crippen molar-refractivity contribution in [3.8, 4) is 10.8 Å². The molecule has 0 radical (unpaired) electrons. The molecule has 0 saturated carbocycles. The third-order valence-electron chi connectivity index (χ3n) is 5.55. The van der Waals surface area contributed by atoms with E-state index in [0.29, 0.717) is 48.2 Å². The number of nitrogens with zero attached hydrogens (tertiary/aromatic N) is 4. The lowest BCUT2D eigenvalue weighted by molar-refractivity contribution is -0.117. The number of hydrogen-bond acceptors (Lipinski definition) is 7. The highest BCUT2D eigenvalue weighted by Gasteiger charge is 2.31. The minimum atomic E-state index is -3.26. The molecule has 1 N–H and O–H groups in total. The Bertz CT molecular complexity index is 1290. The summed E-state index contributed by atoms with van der Waals surface area (Å²) in [7, 11) is -1.75. The Hall–Kier alpha value is -2.96. The molecule has 3 heterocycles. The number of benzene rings is 1. The largest absolute Gasteiger partial charge is 0.495 e. The molecule has 0 bridgehead atoms. The first-order valence-electron chi connectivity index (χ1n) is 10.4. The third-order valence-corrected chi connectivity index (χ3v) is 7.71. The van der Waals surface area contributed by atoms with E-state index in [1.165, 1.54) is 33.6 Å². The SMILES string of the molecule is COc1ccccc1NC(=O)Cn1nc(C2CCN(S(C)(=O)=O)CC2)n(-c2cccs2)c1=O. The van der Waals surface area contributed by atoms with E-state index in [1.807, 2.05) is 17.5 Å². The van der Waals surface area contributed by atoms with Crippen LogP contribution >= 0.6 is 11.3 Å². The van der Waals surface area contributed by atoms with Crippen LogP contribution in [0.4, 0.5) is 5.69 Å². The molecule has 1 saturated heterocycles. The van der Waals surface area contributed by atoms with Crippen molar-refractivity contribution in [3.05, 3.63) is 58.1 Å². The number of aromatic nitrogens is 3. The van der Waals surface area contributed by atoms with Crippen molar-refractivity contribution < 1.29 is 17.9 Å². The lowest BCUT2D eigenvalue weighted by atomic mass is 9.97. The molecule has 0 aliphatic carbocycles. The molecule has 1 aliphatic rings. The standard InChI is InChI=1S/C21H25N5O5S2/c1-31-17-7-4-3-6-16(17)22-18(27)14-25-21(28)26(19-8-5-13-32-19)20(23-25)15-9-11-24(12-10-15)33(2,29)30/h3-8,13,15H,9-12,14H2,1-2H3,(H,22,27). The zero-order valence-electron chi connectivity index (χ0n) is 18.3. The van der Waals surface area contributed by atoms with Crippen LogP contribution < -0.4 is 15.7 Å². The van der Waals surface area contributed by atoms with Crippen molar-refractivity contribution >= 4 is 33.0 Å². The molecule has 0 spiro atoms. The van der Waals surface area contributed by atoms with E-state index in [2.05, 4.69) is 10.4 Å². The van der Waals surface area contributed by atoms with E-state index in [-0.39, 0.29) is 12.5 Å². The second kappa shape index (κ2) is 9.49. The lowest BCUT2D eigenvalue weighted by Gasteiger charge is -2.29. The minimum absolute atomic E-state index is 0.101. The Balaban J connectivity index is 1.60. The van der Waals surface area contributed by atoms with Crippen LogP contribution in [0.3, 0.4) is 0 Å². The molecule has 0 atom stereocenters. The van der Waals surface area contributed by atoms with Gasteiger partial charge in [0.15, 0.2) is 0 Å². The first-order valence-corrected chi connectivity index (χ1v) is 13.1. The van der Waals surface area contributed by atoms with Crippen LogP contribution in [0.2, 0.25) is 0 Å². The Morgan fingerprint density at radius 2 is 1.94 bits per heavy atom. The van der Waals surface area contributed by atoms with E-state index in [4.69, 9.17) is 4.74 Å². The van der Waals surface area contributed by atoms with E-state index < -0.39 is 21.6 Å². The summed E-state index contributed by atoms with van der Waals surface area (Å²) < 4.78 is 33.1. The zero-order chi connectivity index (χ0) is 23.6. The first kappa shape index (κ1) is 23.2. The average molecular weight is 492 g/mol. The number of para-hydroxylation sites is 2. The molecule has 10 nitrogen and oxygen atoms in total. The molecule has 1 aliphatic heterocycles. The molecule has 1 amide bonds. The van der Waals surface area contributed by atoms with Gasteiger partial charge in [-0.1, -0.05) is 12.1 Å². The number of anilines is 1. The van der Waals surface area contributed by atoms with Gasteiger partial charge in [0.2, 0.25) is 15.9 Å². The molecular weight excluding hydrogens is 466 g/mol. The van der Waals surface area contributed by atoms with Gasteiger partial charge in [-0.05, 0) is 42.5 Å². The zero-order valence-corrected chi connectivity index (χ0v) is 19.9. The first-order chi connectivity index (χ1) is 15.8. The summed E-state index contributed by atoms with van der Waals surface area (Å²) in [4.78, 5) is 25.9. The molecule has 33 heavy (non-hydrogen) atoms. The van der Waals surface area contributed by atoms with Gasteiger partial charge in [0.05, 0.1) is 19.1 Å². The van der Waals surface area contributed by atoms with Crippen LogP contribution in [-0.2, 0) is 21.4 Å². The van der Waals surface area contributed by atoms with Crippen LogP contribution in [-0.4, -0.2) is 59.4 Å². The molecule has 1 aromatic carbocycles. The molecule has 3 aromatic rings. The van der Waals surface area contributed by atoms with Crippen molar-refractivity contribution in [1.82, 2.24) is 18.7 Å². The molecule has 2 aromatic heterocycles. The minimum Gasteiger partial charge on any atom is -0.495 e. The van der Waals surface area contributed by atoms with E-state index in [0.717, 1.165) is 4.68 Å². The summed E-state index contributed by atoms with van der Waals surface area (Å²) in [5, 5.41) is 9.84. The van der Waals surface area contributed by atoms with Crippen LogP contribution in [0.15, 0.2) is 46.6 Å². The van der Waals surface area contributed by atoms with E-state index in [1.54, 1.807) is 24.3 Å². The van der Waals surface area contributed by atoms with Crippen LogP contribution in [0.25, 0.3) is 5.00 Å². The normalized spacial score (nSPS) is 15.5. The number of rotatable bonds is 7. The summed E-state index contributed by atoms with van der Waals surface area (Å²) in [5.41, 5.74) is 0.0947. The highest BCUT2D eigenvalue weighted by Crippen LogP contribution is 2.29. The number of nitrogens with one attached hydrogen (secondary N) is 1. The van der Waals surface area contributed by atoms with Gasteiger partial charge in [-0.3, -0.25) is 4.79 Å². The maximum absolute atomic E-state index is 13.2. The van der Waals surface area contributed by atoms with E-state index in [9.17, 15) is 18.0 Å². The molecular formula is C21H25N5O5S2. The molecule has 176 valence electrons. The number of thiophene rings is 1. The second-order valence-electron chi connectivity index (χ2n) is 7.77. The Morgan fingerprint density at radius 3 is 2.58 bits per heavy atom. The van der Waals surface area contributed by atoms with Crippen molar-refractivity contribution in [2.75, 3.05) is 31.8 Å². The van der Waals surface area contributed by atoms with Crippen molar-refractivity contribution in [1.29, 1.82) is 0 Å². The summed E-state index contributed by atoms with van der Waals surface area (Å²) in [5.74, 6) is 0.550. The van der Waals surface area contributed by atoms with Gasteiger partial charge in [0.1, 0.15) is 23.1 Å². The van der Waals surface area contributed by atoms with Crippen molar-refractivity contribution in [2.45, 2.75) is 25.3 Å². The van der Waals surface area contributed by atoms with Crippen LogP contribution in [0.1, 0.15) is 24.6 Å². The molecule has 12 heteroatoms. The number of ether oxygens (including phenoxy) is 1. The number of carbonyl (C=O) groups is 1. The number of hydrogen-bond donors (Lipinski definition) is 1. The highest BCUT2D eigenvalue weighted by molar-refractivity contribution is 7.88. The second-order valence-corrected chi connectivity index (χ2v) is 10.7. The predicted octanol–water partition coefficient (Wildman–Crippen LogP) is 1.88. The Morgan fingerprint density at radius 1 is 1.21 bits per heavy atom. The summed E-state index contributed by atoms with van der Waals surface area (Å²) in [6.45, 7) is 0.469. The third kappa shape index (κ3) is 5.02. The Kier molecular flexibility index (Phi) is 6.68. The average Bonchev–Trinajstić information content (AvgIpc) is 3.42. The lowest BCUT2D eigenvalue weighted by Crippen LogP contribution is -2.37. The van der Waals surface area contributed by atoms with Crippen molar-refractivity contribution in [2.24, 2.45) is 0 Å². The Labute approximate surface area is 195 Å². The number of amides is 1. The summed E-state index contributed by atoms with van der Waals surface area (Å²) >= 11 is 1.40. The maximum atomic E-state index is 13.2. The molecule has 0 unspecified atom stereocenters.